The summed E-state index contributed by atoms with van der Waals surface area (Å²) in [4.78, 5) is 2.64. The van der Waals surface area contributed by atoms with Crippen LogP contribution in [0.4, 0.5) is 0 Å². The van der Waals surface area contributed by atoms with Crippen LogP contribution < -0.4 is 5.32 Å². The summed E-state index contributed by atoms with van der Waals surface area (Å²) in [7, 11) is 0. The predicted octanol–water partition coefficient (Wildman–Crippen LogP) is 2.11. The average molecular weight is 210 g/mol. The summed E-state index contributed by atoms with van der Waals surface area (Å²) in [5, 5.41) is 3.53. The van der Waals surface area contributed by atoms with E-state index >= 15 is 0 Å². The van der Waals surface area contributed by atoms with E-state index in [9.17, 15) is 0 Å². The number of rotatable bonds is 1. The first-order valence-electron chi connectivity index (χ1n) is 6.59. The lowest BCUT2D eigenvalue weighted by Gasteiger charge is -2.49. The molecule has 0 radical (unpaired) electrons. The number of nitrogens with zero attached hydrogens (tertiary/aromatic N) is 1. The Morgan fingerprint density at radius 3 is 2.40 bits per heavy atom. The first-order chi connectivity index (χ1) is 7.14. The van der Waals surface area contributed by atoms with Gasteiger partial charge in [-0.3, -0.25) is 0 Å². The fourth-order valence-electron chi connectivity index (χ4n) is 3.35. The highest BCUT2D eigenvalue weighted by molar-refractivity contribution is 4.94. The molecule has 0 aliphatic carbocycles. The van der Waals surface area contributed by atoms with Crippen molar-refractivity contribution in [3.8, 4) is 0 Å². The maximum absolute atomic E-state index is 3.53. The number of nitrogens with one attached hydrogen (secondary N) is 1. The Bertz CT molecular complexity index is 205. The Hall–Kier alpha value is -0.0800. The third-order valence-electron chi connectivity index (χ3n) is 4.82. The van der Waals surface area contributed by atoms with Gasteiger partial charge in [-0.05, 0) is 70.6 Å². The van der Waals surface area contributed by atoms with Crippen molar-refractivity contribution in [1.29, 1.82) is 0 Å². The van der Waals surface area contributed by atoms with Crippen LogP contribution in [0.15, 0.2) is 0 Å². The van der Waals surface area contributed by atoms with Gasteiger partial charge in [-0.2, -0.15) is 0 Å². The topological polar surface area (TPSA) is 15.3 Å². The van der Waals surface area contributed by atoms with Gasteiger partial charge in [0, 0.05) is 6.04 Å². The maximum atomic E-state index is 3.53. The summed E-state index contributed by atoms with van der Waals surface area (Å²) >= 11 is 0. The van der Waals surface area contributed by atoms with Crippen LogP contribution in [0.2, 0.25) is 0 Å². The molecule has 1 N–H and O–H groups in total. The molecular formula is C13H26N2. The van der Waals surface area contributed by atoms with E-state index in [1.165, 1.54) is 45.4 Å². The van der Waals surface area contributed by atoms with E-state index in [1.54, 1.807) is 0 Å². The second-order valence-corrected chi connectivity index (χ2v) is 5.85. The van der Waals surface area contributed by atoms with Crippen molar-refractivity contribution in [2.45, 2.75) is 46.1 Å². The smallest absolute Gasteiger partial charge is 0.00385 e. The van der Waals surface area contributed by atoms with Gasteiger partial charge in [0.1, 0.15) is 0 Å². The molecule has 2 heterocycles. The van der Waals surface area contributed by atoms with E-state index in [2.05, 4.69) is 31.0 Å². The largest absolute Gasteiger partial charge is 0.316 e. The minimum atomic E-state index is 0.677. The fourth-order valence-corrected chi connectivity index (χ4v) is 3.35. The highest BCUT2D eigenvalue weighted by Gasteiger charge is 2.40. The lowest BCUT2D eigenvalue weighted by Crippen LogP contribution is -2.51. The lowest BCUT2D eigenvalue weighted by molar-refractivity contribution is 0.0194. The van der Waals surface area contributed by atoms with Crippen LogP contribution in [0.1, 0.15) is 40.0 Å². The number of piperidine rings is 2. The van der Waals surface area contributed by atoms with Crippen LogP contribution in [0.5, 0.6) is 0 Å². The molecule has 0 amide bonds. The zero-order valence-electron chi connectivity index (χ0n) is 10.6. The summed E-state index contributed by atoms with van der Waals surface area (Å²) in [6.07, 6.45) is 4.25. The molecule has 0 saturated carbocycles. The molecule has 2 heteroatoms. The monoisotopic (exact) mass is 210 g/mol. The van der Waals surface area contributed by atoms with Crippen molar-refractivity contribution in [3.05, 3.63) is 0 Å². The van der Waals surface area contributed by atoms with E-state index in [1.807, 2.05) is 0 Å². The standard InChI is InChI=1S/C13H26N2/c1-11(2)15-8-5-13(6-9-15)4-7-14-10-12(13)3/h11-12,14H,4-10H2,1-3H3. The van der Waals surface area contributed by atoms with Crippen LogP contribution in [0.25, 0.3) is 0 Å². The van der Waals surface area contributed by atoms with Crippen LogP contribution >= 0.6 is 0 Å². The summed E-state index contributed by atoms with van der Waals surface area (Å²) in [6, 6.07) is 0.736. The van der Waals surface area contributed by atoms with Crippen molar-refractivity contribution in [3.63, 3.8) is 0 Å². The van der Waals surface area contributed by atoms with Gasteiger partial charge < -0.3 is 10.2 Å². The van der Waals surface area contributed by atoms with E-state index < -0.39 is 0 Å². The van der Waals surface area contributed by atoms with Gasteiger partial charge in [-0.15, -0.1) is 0 Å². The molecule has 0 aromatic carbocycles. The molecule has 2 rings (SSSR count). The zero-order valence-corrected chi connectivity index (χ0v) is 10.6. The molecule has 1 unspecified atom stereocenters. The van der Waals surface area contributed by atoms with Gasteiger partial charge in [0.25, 0.3) is 0 Å². The summed E-state index contributed by atoms with van der Waals surface area (Å²) in [5.74, 6) is 0.876. The number of likely N-dealkylation sites (tertiary alicyclic amines) is 1. The lowest BCUT2D eigenvalue weighted by atomic mass is 9.65. The second-order valence-electron chi connectivity index (χ2n) is 5.85. The second kappa shape index (κ2) is 4.42. The highest BCUT2D eigenvalue weighted by atomic mass is 15.2. The van der Waals surface area contributed by atoms with Gasteiger partial charge in [0.2, 0.25) is 0 Å². The minimum absolute atomic E-state index is 0.677. The van der Waals surface area contributed by atoms with Crippen LogP contribution in [-0.4, -0.2) is 37.1 Å². The van der Waals surface area contributed by atoms with E-state index in [4.69, 9.17) is 0 Å². The summed E-state index contributed by atoms with van der Waals surface area (Å²) < 4.78 is 0. The SMILES string of the molecule is CC(C)N1CCC2(CCNCC2C)CC1. The quantitative estimate of drug-likeness (QED) is 0.713. The molecule has 88 valence electrons. The zero-order chi connectivity index (χ0) is 10.9. The maximum Gasteiger partial charge on any atom is 0.00385 e. The Morgan fingerprint density at radius 1 is 1.20 bits per heavy atom. The Balaban J connectivity index is 1.95. The first-order valence-corrected chi connectivity index (χ1v) is 6.59. The van der Waals surface area contributed by atoms with Crippen molar-refractivity contribution in [2.75, 3.05) is 26.2 Å². The first kappa shape index (κ1) is 11.4. The fraction of sp³-hybridized carbons (Fsp3) is 1.00. The van der Waals surface area contributed by atoms with Gasteiger partial charge in [0.15, 0.2) is 0 Å². The Labute approximate surface area is 94.4 Å². The van der Waals surface area contributed by atoms with Crippen LogP contribution in [0, 0.1) is 11.3 Å². The van der Waals surface area contributed by atoms with Crippen LogP contribution in [0.3, 0.4) is 0 Å². The van der Waals surface area contributed by atoms with E-state index in [-0.39, 0.29) is 0 Å². The predicted molar refractivity (Wildman–Crippen MR) is 65.0 cm³/mol. The molecule has 1 spiro atoms. The molecule has 2 aliphatic rings. The number of hydrogen-bond donors (Lipinski definition) is 1. The number of hydrogen-bond acceptors (Lipinski definition) is 2. The minimum Gasteiger partial charge on any atom is -0.316 e. The molecule has 2 fully saturated rings. The Morgan fingerprint density at radius 2 is 1.87 bits per heavy atom. The summed E-state index contributed by atoms with van der Waals surface area (Å²) in [5.41, 5.74) is 0.677. The normalized spacial score (nSPS) is 32.4. The van der Waals surface area contributed by atoms with Crippen molar-refractivity contribution >= 4 is 0 Å². The van der Waals surface area contributed by atoms with Crippen molar-refractivity contribution in [1.82, 2.24) is 10.2 Å². The molecule has 1 atom stereocenters. The van der Waals surface area contributed by atoms with E-state index in [0.29, 0.717) is 5.41 Å². The molecule has 0 bridgehead atoms. The third kappa shape index (κ3) is 2.21. The third-order valence-corrected chi connectivity index (χ3v) is 4.82. The van der Waals surface area contributed by atoms with Crippen molar-refractivity contribution in [2.24, 2.45) is 11.3 Å². The molecule has 0 aromatic rings. The van der Waals surface area contributed by atoms with E-state index in [0.717, 1.165) is 12.0 Å². The van der Waals surface area contributed by atoms with Gasteiger partial charge in [-0.25, -0.2) is 0 Å². The summed E-state index contributed by atoms with van der Waals surface area (Å²) in [6.45, 7) is 12.2. The molecular weight excluding hydrogens is 184 g/mol. The molecule has 0 aromatic heterocycles. The van der Waals surface area contributed by atoms with Gasteiger partial charge >= 0.3 is 0 Å². The van der Waals surface area contributed by atoms with Gasteiger partial charge in [-0.1, -0.05) is 6.92 Å². The molecule has 15 heavy (non-hydrogen) atoms. The highest BCUT2D eigenvalue weighted by Crippen LogP contribution is 2.43. The molecule has 2 saturated heterocycles. The molecule has 2 nitrogen and oxygen atoms in total. The Kier molecular flexibility index (Phi) is 3.36. The van der Waals surface area contributed by atoms with Gasteiger partial charge in [0.05, 0.1) is 0 Å². The van der Waals surface area contributed by atoms with Crippen molar-refractivity contribution < 1.29 is 0 Å². The van der Waals surface area contributed by atoms with Crippen LogP contribution in [-0.2, 0) is 0 Å². The average Bonchev–Trinajstić information content (AvgIpc) is 2.23. The molecule has 2 aliphatic heterocycles.